The molecule has 0 aliphatic heterocycles. The number of alkyl halides is 3. The summed E-state index contributed by atoms with van der Waals surface area (Å²) in [6.07, 6.45) is -3.87. The monoisotopic (exact) mass is 341 g/mol. The maximum Gasteiger partial charge on any atom is 0.416 e. The summed E-state index contributed by atoms with van der Waals surface area (Å²) in [5.74, 6) is -0.768. The molecule has 1 aromatic rings. The summed E-state index contributed by atoms with van der Waals surface area (Å²) in [5, 5.41) is 8.81. The first-order valence-electron chi connectivity index (χ1n) is 6.45. The first-order chi connectivity index (χ1) is 9.71. The Hall–Kier alpha value is -1.47. The van der Waals surface area contributed by atoms with Gasteiger partial charge in [-0.3, -0.25) is 9.69 Å². The van der Waals surface area contributed by atoms with Gasteiger partial charge in [-0.1, -0.05) is 6.07 Å². The van der Waals surface area contributed by atoms with Gasteiger partial charge >= 0.3 is 12.1 Å². The van der Waals surface area contributed by atoms with Gasteiger partial charge < -0.3 is 9.84 Å². The molecular weight excluding hydrogens is 323 g/mol. The third-order valence-corrected chi connectivity index (χ3v) is 3.10. The quantitative estimate of drug-likeness (QED) is 0.773. The molecule has 0 amide bonds. The Balaban J connectivity index is 0.00000441. The lowest BCUT2D eigenvalue weighted by Crippen LogP contribution is -2.36. The minimum Gasteiger partial charge on any atom is -0.494 e. The highest BCUT2D eigenvalue weighted by atomic mass is 35.5. The second-order valence-corrected chi connectivity index (χ2v) is 4.72. The summed E-state index contributed by atoms with van der Waals surface area (Å²) in [5.41, 5.74) is -0.753. The van der Waals surface area contributed by atoms with Gasteiger partial charge in [0.25, 0.3) is 0 Å². The molecule has 1 atom stereocenters. The Morgan fingerprint density at radius 1 is 1.41 bits per heavy atom. The van der Waals surface area contributed by atoms with Crippen LogP contribution in [0.3, 0.4) is 0 Å². The highest BCUT2D eigenvalue weighted by Gasteiger charge is 2.30. The number of nitrogens with zero attached hydrogens (tertiary/aromatic N) is 1. The van der Waals surface area contributed by atoms with Gasteiger partial charge in [-0.15, -0.1) is 12.4 Å². The smallest absolute Gasteiger partial charge is 0.416 e. The van der Waals surface area contributed by atoms with E-state index < -0.39 is 23.8 Å². The number of aliphatic carboxylic acids is 1. The van der Waals surface area contributed by atoms with Crippen LogP contribution in [0.15, 0.2) is 24.3 Å². The van der Waals surface area contributed by atoms with Gasteiger partial charge in [0.1, 0.15) is 11.8 Å². The van der Waals surface area contributed by atoms with Crippen molar-refractivity contribution in [2.24, 2.45) is 0 Å². The second kappa shape index (κ2) is 8.85. The molecule has 4 nitrogen and oxygen atoms in total. The molecule has 126 valence electrons. The third kappa shape index (κ3) is 6.53. The predicted octanol–water partition coefficient (Wildman–Crippen LogP) is 3.30. The van der Waals surface area contributed by atoms with Crippen molar-refractivity contribution >= 4 is 18.4 Å². The number of rotatable bonds is 7. The van der Waals surface area contributed by atoms with Gasteiger partial charge in [-0.05, 0) is 38.6 Å². The van der Waals surface area contributed by atoms with E-state index in [-0.39, 0.29) is 24.8 Å². The fraction of sp³-hybridized carbons (Fsp3) is 0.500. The van der Waals surface area contributed by atoms with E-state index in [1.54, 1.807) is 18.9 Å². The molecule has 0 bridgehead atoms. The highest BCUT2D eigenvalue weighted by Crippen LogP contribution is 2.31. The molecule has 1 unspecified atom stereocenters. The number of carboxylic acid groups (broad SMARTS) is 1. The summed E-state index contributed by atoms with van der Waals surface area (Å²) in [7, 11) is 1.67. The molecule has 1 N–H and O–H groups in total. The van der Waals surface area contributed by atoms with E-state index in [0.717, 1.165) is 12.1 Å². The normalized spacial score (nSPS) is 12.6. The predicted molar refractivity (Wildman–Crippen MR) is 78.5 cm³/mol. The number of ether oxygens (including phenoxy) is 1. The molecule has 0 aromatic heterocycles. The number of likely N-dealkylation sites (N-methyl/N-ethyl adjacent to an activating group) is 1. The van der Waals surface area contributed by atoms with Crippen LogP contribution in [0.5, 0.6) is 5.75 Å². The molecule has 0 aliphatic rings. The first-order valence-corrected chi connectivity index (χ1v) is 6.45. The number of carboxylic acids is 1. The number of benzene rings is 1. The standard InChI is InChI=1S/C14H18F3NO3.ClH/c1-10(13(19)20)18(2)7-4-8-21-12-6-3-5-11(9-12)14(15,16)17;/h3,5-6,9-10H,4,7-8H2,1-2H3,(H,19,20);1H. The van der Waals surface area contributed by atoms with Crippen LogP contribution in [0.25, 0.3) is 0 Å². The molecule has 0 aliphatic carbocycles. The Labute approximate surface area is 133 Å². The average molecular weight is 342 g/mol. The van der Waals surface area contributed by atoms with E-state index in [1.165, 1.54) is 12.1 Å². The molecule has 1 aromatic carbocycles. The Kier molecular flexibility index (Phi) is 8.26. The van der Waals surface area contributed by atoms with Gasteiger partial charge in [0.05, 0.1) is 12.2 Å². The minimum absolute atomic E-state index is 0. The van der Waals surface area contributed by atoms with Crippen molar-refractivity contribution < 1.29 is 27.8 Å². The van der Waals surface area contributed by atoms with Crippen molar-refractivity contribution in [2.45, 2.75) is 25.6 Å². The Morgan fingerprint density at radius 3 is 2.59 bits per heavy atom. The lowest BCUT2D eigenvalue weighted by molar-refractivity contribution is -0.142. The van der Waals surface area contributed by atoms with Crippen molar-refractivity contribution in [1.82, 2.24) is 4.90 Å². The average Bonchev–Trinajstić information content (AvgIpc) is 2.41. The maximum absolute atomic E-state index is 12.5. The molecule has 0 heterocycles. The zero-order valence-electron chi connectivity index (χ0n) is 12.3. The summed E-state index contributed by atoms with van der Waals surface area (Å²) < 4.78 is 42.8. The maximum atomic E-state index is 12.5. The minimum atomic E-state index is -4.39. The molecule has 0 radical (unpaired) electrons. The van der Waals surface area contributed by atoms with E-state index in [0.29, 0.717) is 13.0 Å². The van der Waals surface area contributed by atoms with Crippen molar-refractivity contribution in [2.75, 3.05) is 20.2 Å². The van der Waals surface area contributed by atoms with Crippen LogP contribution in [0.1, 0.15) is 18.9 Å². The summed E-state index contributed by atoms with van der Waals surface area (Å²) in [6.45, 7) is 2.26. The van der Waals surface area contributed by atoms with Crippen LogP contribution in [-0.4, -0.2) is 42.2 Å². The van der Waals surface area contributed by atoms with Crippen LogP contribution in [-0.2, 0) is 11.0 Å². The lowest BCUT2D eigenvalue weighted by atomic mass is 10.2. The topological polar surface area (TPSA) is 49.8 Å². The van der Waals surface area contributed by atoms with Crippen LogP contribution < -0.4 is 4.74 Å². The molecule has 22 heavy (non-hydrogen) atoms. The molecule has 0 fully saturated rings. The van der Waals surface area contributed by atoms with E-state index in [9.17, 15) is 18.0 Å². The fourth-order valence-electron chi connectivity index (χ4n) is 1.65. The fourth-order valence-corrected chi connectivity index (χ4v) is 1.65. The highest BCUT2D eigenvalue weighted by molar-refractivity contribution is 5.85. The lowest BCUT2D eigenvalue weighted by Gasteiger charge is -2.20. The van der Waals surface area contributed by atoms with Crippen molar-refractivity contribution in [3.8, 4) is 5.75 Å². The SMILES string of the molecule is CC(C(=O)O)N(C)CCCOc1cccc(C(F)(F)F)c1.Cl. The number of hydrogen-bond donors (Lipinski definition) is 1. The van der Waals surface area contributed by atoms with E-state index in [4.69, 9.17) is 9.84 Å². The summed E-state index contributed by atoms with van der Waals surface area (Å²) >= 11 is 0. The molecule has 1 rings (SSSR count). The second-order valence-electron chi connectivity index (χ2n) is 4.72. The van der Waals surface area contributed by atoms with Crippen LogP contribution in [0.4, 0.5) is 13.2 Å². The van der Waals surface area contributed by atoms with Gasteiger partial charge in [0.15, 0.2) is 0 Å². The summed E-state index contributed by atoms with van der Waals surface area (Å²) in [6, 6.07) is 4.06. The summed E-state index contributed by atoms with van der Waals surface area (Å²) in [4.78, 5) is 12.4. The van der Waals surface area contributed by atoms with E-state index >= 15 is 0 Å². The van der Waals surface area contributed by atoms with Crippen LogP contribution in [0.2, 0.25) is 0 Å². The van der Waals surface area contributed by atoms with E-state index in [2.05, 4.69) is 0 Å². The number of carbonyl (C=O) groups is 1. The van der Waals surface area contributed by atoms with Gasteiger partial charge in [0.2, 0.25) is 0 Å². The molecule has 0 saturated carbocycles. The molecular formula is C14H19ClF3NO3. The van der Waals surface area contributed by atoms with Gasteiger partial charge in [0, 0.05) is 6.54 Å². The Morgan fingerprint density at radius 2 is 2.05 bits per heavy atom. The molecule has 8 heteroatoms. The van der Waals surface area contributed by atoms with Crippen molar-refractivity contribution in [3.05, 3.63) is 29.8 Å². The third-order valence-electron chi connectivity index (χ3n) is 3.10. The molecule has 0 spiro atoms. The molecule has 0 saturated heterocycles. The van der Waals surface area contributed by atoms with E-state index in [1.807, 2.05) is 0 Å². The van der Waals surface area contributed by atoms with Crippen molar-refractivity contribution in [1.29, 1.82) is 0 Å². The Bertz CT molecular complexity index is 483. The van der Waals surface area contributed by atoms with Gasteiger partial charge in [-0.2, -0.15) is 13.2 Å². The first kappa shape index (κ1) is 20.5. The van der Waals surface area contributed by atoms with Gasteiger partial charge in [-0.25, -0.2) is 0 Å². The largest absolute Gasteiger partial charge is 0.494 e. The van der Waals surface area contributed by atoms with Crippen LogP contribution in [0, 0.1) is 0 Å². The zero-order chi connectivity index (χ0) is 16.0. The number of hydrogen-bond acceptors (Lipinski definition) is 3. The van der Waals surface area contributed by atoms with Crippen LogP contribution >= 0.6 is 12.4 Å². The number of halogens is 4. The van der Waals surface area contributed by atoms with Crippen molar-refractivity contribution in [3.63, 3.8) is 0 Å². The zero-order valence-corrected chi connectivity index (χ0v) is 13.1.